The number of aromatic nitrogens is 1. The van der Waals surface area contributed by atoms with Gasteiger partial charge in [0.1, 0.15) is 0 Å². The van der Waals surface area contributed by atoms with E-state index in [1.165, 1.54) is 41.8 Å². The summed E-state index contributed by atoms with van der Waals surface area (Å²) in [6, 6.07) is 21.0. The van der Waals surface area contributed by atoms with Crippen LogP contribution in [0.1, 0.15) is 26.3 Å². The van der Waals surface area contributed by atoms with Gasteiger partial charge in [-0.15, -0.1) is 11.3 Å². The number of carbonyl (C=O) groups is 2. The summed E-state index contributed by atoms with van der Waals surface area (Å²) in [4.78, 5) is 29.0. The lowest BCUT2D eigenvalue weighted by Crippen LogP contribution is -2.14. The number of sulfonamides is 1. The normalized spacial score (nSPS) is 11.0. The van der Waals surface area contributed by atoms with Crippen molar-refractivity contribution in [3.05, 3.63) is 107 Å². The van der Waals surface area contributed by atoms with Crippen molar-refractivity contribution in [3.8, 4) is 0 Å². The fourth-order valence-electron chi connectivity index (χ4n) is 2.90. The van der Waals surface area contributed by atoms with Crippen LogP contribution in [0.2, 0.25) is 0 Å². The van der Waals surface area contributed by atoms with Crippen LogP contribution in [0.5, 0.6) is 0 Å². The van der Waals surface area contributed by atoms with Crippen LogP contribution >= 0.6 is 11.3 Å². The SMILES string of the molecule is O=C(Nc1ccc(S(=O)(=O)Nc2nccs2)cc1)c1ccc(C(=O)c2ccccc2)cc1. The van der Waals surface area contributed by atoms with Gasteiger partial charge in [-0.3, -0.25) is 14.3 Å². The second kappa shape index (κ2) is 9.13. The fourth-order valence-corrected chi connectivity index (χ4v) is 4.69. The van der Waals surface area contributed by atoms with Gasteiger partial charge in [0.25, 0.3) is 15.9 Å². The number of ketones is 1. The van der Waals surface area contributed by atoms with Crippen LogP contribution in [-0.4, -0.2) is 25.1 Å². The molecule has 32 heavy (non-hydrogen) atoms. The minimum absolute atomic E-state index is 0.0504. The van der Waals surface area contributed by atoms with Crippen molar-refractivity contribution in [1.82, 2.24) is 4.98 Å². The zero-order chi connectivity index (χ0) is 22.6. The van der Waals surface area contributed by atoms with E-state index in [2.05, 4.69) is 15.0 Å². The molecule has 0 saturated carbocycles. The molecule has 0 unspecified atom stereocenters. The second-order valence-corrected chi connectivity index (χ2v) is 9.27. The highest BCUT2D eigenvalue weighted by Crippen LogP contribution is 2.20. The number of thiazole rings is 1. The molecule has 1 heterocycles. The van der Waals surface area contributed by atoms with Crippen molar-refractivity contribution in [1.29, 1.82) is 0 Å². The number of nitrogens with zero attached hydrogens (tertiary/aromatic N) is 1. The number of anilines is 2. The van der Waals surface area contributed by atoms with Crippen LogP contribution in [0.15, 0.2) is 95.3 Å². The highest BCUT2D eigenvalue weighted by Gasteiger charge is 2.16. The number of amides is 1. The molecule has 0 aliphatic heterocycles. The van der Waals surface area contributed by atoms with Crippen LogP contribution in [0.3, 0.4) is 0 Å². The molecular weight excluding hydrogens is 446 g/mol. The van der Waals surface area contributed by atoms with E-state index < -0.39 is 10.0 Å². The predicted molar refractivity (Wildman–Crippen MR) is 124 cm³/mol. The maximum absolute atomic E-state index is 12.5. The van der Waals surface area contributed by atoms with Crippen molar-refractivity contribution in [2.75, 3.05) is 10.0 Å². The molecule has 9 heteroatoms. The zero-order valence-corrected chi connectivity index (χ0v) is 18.2. The Kier molecular flexibility index (Phi) is 6.11. The third kappa shape index (κ3) is 4.90. The standard InChI is InChI=1S/C23H17N3O4S2/c27-21(16-4-2-1-3-5-16)17-6-8-18(9-7-17)22(28)25-19-10-12-20(13-11-19)32(29,30)26-23-24-14-15-31-23/h1-15H,(H,24,26)(H,25,28). The van der Waals surface area contributed by atoms with Crippen molar-refractivity contribution in [3.63, 3.8) is 0 Å². The van der Waals surface area contributed by atoms with Gasteiger partial charge >= 0.3 is 0 Å². The number of nitrogens with one attached hydrogen (secondary N) is 2. The van der Waals surface area contributed by atoms with E-state index in [4.69, 9.17) is 0 Å². The first-order valence-corrected chi connectivity index (χ1v) is 11.8. The Hall–Kier alpha value is -3.82. The predicted octanol–water partition coefficient (Wildman–Crippen LogP) is 4.43. The molecule has 7 nitrogen and oxygen atoms in total. The van der Waals surface area contributed by atoms with Crippen LogP contribution in [0, 0.1) is 0 Å². The van der Waals surface area contributed by atoms with Gasteiger partial charge in [0.2, 0.25) is 0 Å². The van der Waals surface area contributed by atoms with Crippen molar-refractivity contribution < 1.29 is 18.0 Å². The monoisotopic (exact) mass is 463 g/mol. The van der Waals surface area contributed by atoms with Gasteiger partial charge in [-0.05, 0) is 36.4 Å². The molecule has 0 spiro atoms. The summed E-state index contributed by atoms with van der Waals surface area (Å²) >= 11 is 1.18. The van der Waals surface area contributed by atoms with Crippen LogP contribution in [-0.2, 0) is 10.0 Å². The molecule has 4 rings (SSSR count). The van der Waals surface area contributed by atoms with E-state index in [-0.39, 0.29) is 21.7 Å². The average Bonchev–Trinajstić information content (AvgIpc) is 3.32. The summed E-state index contributed by atoms with van der Waals surface area (Å²) in [5, 5.41) is 4.66. The molecule has 2 N–H and O–H groups in total. The highest BCUT2D eigenvalue weighted by atomic mass is 32.2. The number of benzene rings is 3. The first kappa shape index (κ1) is 21.4. The molecular formula is C23H17N3O4S2. The molecule has 1 amide bonds. The van der Waals surface area contributed by atoms with Gasteiger partial charge in [-0.1, -0.05) is 42.5 Å². The molecule has 1 aromatic heterocycles. The molecule has 0 fully saturated rings. The van der Waals surface area contributed by atoms with Gasteiger partial charge in [0.15, 0.2) is 10.9 Å². The summed E-state index contributed by atoms with van der Waals surface area (Å²) in [6.45, 7) is 0. The topological polar surface area (TPSA) is 105 Å². The lowest BCUT2D eigenvalue weighted by molar-refractivity contribution is 0.102. The number of hydrogen-bond donors (Lipinski definition) is 2. The Morgan fingerprint density at radius 1 is 0.781 bits per heavy atom. The van der Waals surface area contributed by atoms with Crippen molar-refractivity contribution >= 4 is 43.9 Å². The number of rotatable bonds is 7. The summed E-state index contributed by atoms with van der Waals surface area (Å²) in [5.41, 5.74) is 1.86. The largest absolute Gasteiger partial charge is 0.322 e. The van der Waals surface area contributed by atoms with Crippen molar-refractivity contribution in [2.24, 2.45) is 0 Å². The molecule has 0 aliphatic rings. The Bertz CT molecular complexity index is 1330. The van der Waals surface area contributed by atoms with Gasteiger partial charge in [0.05, 0.1) is 4.90 Å². The Balaban J connectivity index is 1.42. The van der Waals surface area contributed by atoms with E-state index in [1.54, 1.807) is 53.9 Å². The summed E-state index contributed by atoms with van der Waals surface area (Å²) in [7, 11) is -3.76. The Labute approximate surface area is 188 Å². The minimum Gasteiger partial charge on any atom is -0.322 e. The molecule has 4 aromatic rings. The number of hydrogen-bond acceptors (Lipinski definition) is 6. The maximum Gasteiger partial charge on any atom is 0.263 e. The molecule has 3 aromatic carbocycles. The first-order chi connectivity index (χ1) is 15.4. The lowest BCUT2D eigenvalue weighted by atomic mass is 10.0. The first-order valence-electron chi connectivity index (χ1n) is 9.46. The minimum atomic E-state index is -3.76. The summed E-state index contributed by atoms with van der Waals surface area (Å²) in [6.07, 6.45) is 1.51. The van der Waals surface area contributed by atoms with Gasteiger partial charge < -0.3 is 5.32 Å². The van der Waals surface area contributed by atoms with E-state index in [9.17, 15) is 18.0 Å². The highest BCUT2D eigenvalue weighted by molar-refractivity contribution is 7.93. The smallest absolute Gasteiger partial charge is 0.263 e. The molecule has 160 valence electrons. The molecule has 0 aliphatic carbocycles. The molecule has 0 saturated heterocycles. The van der Waals surface area contributed by atoms with Gasteiger partial charge in [-0.2, -0.15) is 0 Å². The quantitative estimate of drug-likeness (QED) is 0.395. The second-order valence-electron chi connectivity index (χ2n) is 6.69. The fraction of sp³-hybridized carbons (Fsp3) is 0. The van der Waals surface area contributed by atoms with E-state index in [1.807, 2.05) is 6.07 Å². The number of carbonyl (C=O) groups excluding carboxylic acids is 2. The average molecular weight is 464 g/mol. The van der Waals surface area contributed by atoms with E-state index in [0.717, 1.165) is 0 Å². The lowest BCUT2D eigenvalue weighted by Gasteiger charge is -2.08. The van der Waals surface area contributed by atoms with Crippen LogP contribution < -0.4 is 10.0 Å². The van der Waals surface area contributed by atoms with Crippen LogP contribution in [0.25, 0.3) is 0 Å². The Morgan fingerprint density at radius 2 is 1.41 bits per heavy atom. The third-order valence-electron chi connectivity index (χ3n) is 4.52. The van der Waals surface area contributed by atoms with E-state index >= 15 is 0 Å². The van der Waals surface area contributed by atoms with Gasteiger partial charge in [-0.25, -0.2) is 13.4 Å². The zero-order valence-electron chi connectivity index (χ0n) is 16.6. The summed E-state index contributed by atoms with van der Waals surface area (Å²) < 4.78 is 27.2. The van der Waals surface area contributed by atoms with E-state index in [0.29, 0.717) is 22.4 Å². The molecule has 0 bridgehead atoms. The van der Waals surface area contributed by atoms with Crippen molar-refractivity contribution in [2.45, 2.75) is 4.90 Å². The van der Waals surface area contributed by atoms with Gasteiger partial charge in [0, 0.05) is 34.0 Å². The maximum atomic E-state index is 12.5. The van der Waals surface area contributed by atoms with Crippen LogP contribution in [0.4, 0.5) is 10.8 Å². The summed E-state index contributed by atoms with van der Waals surface area (Å²) in [5.74, 6) is -0.499. The molecule has 0 atom stereocenters. The molecule has 0 radical (unpaired) electrons. The third-order valence-corrected chi connectivity index (χ3v) is 6.69. The Morgan fingerprint density at radius 3 is 2.03 bits per heavy atom.